The van der Waals surface area contributed by atoms with Crippen LogP contribution in [0.4, 0.5) is 0 Å². The minimum atomic E-state index is 0. The van der Waals surface area contributed by atoms with Crippen molar-refractivity contribution in [3.8, 4) is 5.75 Å². The summed E-state index contributed by atoms with van der Waals surface area (Å²) in [7, 11) is 3.54. The fourth-order valence-corrected chi connectivity index (χ4v) is 3.80. The van der Waals surface area contributed by atoms with Crippen molar-refractivity contribution in [3.05, 3.63) is 29.3 Å². The molecule has 0 spiro atoms. The number of guanidine groups is 1. The van der Waals surface area contributed by atoms with Gasteiger partial charge in [0.25, 0.3) is 0 Å². The average molecular weight is 503 g/mol. The molecule has 1 heterocycles. The van der Waals surface area contributed by atoms with Gasteiger partial charge in [-0.3, -0.25) is 4.99 Å². The van der Waals surface area contributed by atoms with E-state index in [1.165, 1.54) is 12.0 Å². The molecule has 1 aromatic carbocycles. The molecule has 1 aliphatic rings. The Labute approximate surface area is 188 Å². The van der Waals surface area contributed by atoms with Gasteiger partial charge in [-0.2, -0.15) is 0 Å². The maximum Gasteiger partial charge on any atom is 0.190 e. The van der Waals surface area contributed by atoms with E-state index in [2.05, 4.69) is 61.5 Å². The second-order valence-electron chi connectivity index (χ2n) is 8.49. The van der Waals surface area contributed by atoms with Crippen molar-refractivity contribution in [2.24, 2.45) is 16.3 Å². The number of hydrogen-bond acceptors (Lipinski definition) is 3. The summed E-state index contributed by atoms with van der Waals surface area (Å²) < 4.78 is 11.5. The molecule has 1 saturated heterocycles. The van der Waals surface area contributed by atoms with Crippen LogP contribution in [-0.4, -0.2) is 45.9 Å². The van der Waals surface area contributed by atoms with Crippen LogP contribution in [0, 0.1) is 18.3 Å². The molecule has 2 unspecified atom stereocenters. The first kappa shape index (κ1) is 25.0. The molecule has 5 nitrogen and oxygen atoms in total. The largest absolute Gasteiger partial charge is 0.496 e. The summed E-state index contributed by atoms with van der Waals surface area (Å²) in [5.41, 5.74) is 2.58. The molecular formula is C22H38IN3O2. The van der Waals surface area contributed by atoms with Crippen LogP contribution in [0.1, 0.15) is 44.7 Å². The van der Waals surface area contributed by atoms with Gasteiger partial charge in [-0.25, -0.2) is 0 Å². The minimum absolute atomic E-state index is 0. The average Bonchev–Trinajstić information content (AvgIpc) is 2.65. The second kappa shape index (κ2) is 11.9. The van der Waals surface area contributed by atoms with Gasteiger partial charge in [0.05, 0.1) is 13.2 Å². The lowest BCUT2D eigenvalue weighted by atomic mass is 9.78. The summed E-state index contributed by atoms with van der Waals surface area (Å²) in [6.45, 7) is 11.4. The van der Waals surface area contributed by atoms with Crippen LogP contribution in [0.15, 0.2) is 23.2 Å². The van der Waals surface area contributed by atoms with Crippen molar-refractivity contribution in [1.29, 1.82) is 0 Å². The van der Waals surface area contributed by atoms with Crippen molar-refractivity contribution >= 4 is 29.9 Å². The summed E-state index contributed by atoms with van der Waals surface area (Å²) >= 11 is 0. The summed E-state index contributed by atoms with van der Waals surface area (Å²) in [5.74, 6) is 2.31. The van der Waals surface area contributed by atoms with Crippen molar-refractivity contribution in [2.75, 3.05) is 33.9 Å². The zero-order chi connectivity index (χ0) is 19.9. The zero-order valence-corrected chi connectivity index (χ0v) is 20.6. The molecule has 2 rings (SSSR count). The third kappa shape index (κ3) is 7.43. The van der Waals surface area contributed by atoms with E-state index in [0.717, 1.165) is 49.8 Å². The number of rotatable bonds is 6. The number of aryl methyl sites for hydroxylation is 1. The molecule has 2 N–H and O–H groups in total. The molecule has 6 heteroatoms. The number of benzene rings is 1. The lowest BCUT2D eigenvalue weighted by molar-refractivity contribution is -0.0835. The molecule has 2 atom stereocenters. The predicted molar refractivity (Wildman–Crippen MR) is 128 cm³/mol. The Kier molecular flexibility index (Phi) is 10.6. The van der Waals surface area contributed by atoms with Crippen LogP contribution < -0.4 is 15.4 Å². The Morgan fingerprint density at radius 2 is 2.04 bits per heavy atom. The van der Waals surface area contributed by atoms with Crippen molar-refractivity contribution in [1.82, 2.24) is 10.6 Å². The maximum atomic E-state index is 6.08. The molecule has 28 heavy (non-hydrogen) atoms. The normalized spacial score (nSPS) is 20.3. The Morgan fingerprint density at radius 1 is 1.29 bits per heavy atom. The summed E-state index contributed by atoms with van der Waals surface area (Å²) in [6.07, 6.45) is 3.56. The first-order chi connectivity index (χ1) is 12.8. The second-order valence-corrected chi connectivity index (χ2v) is 8.49. The van der Waals surface area contributed by atoms with Crippen LogP contribution in [0.25, 0.3) is 0 Å². The SMILES string of the molecule is CN=C(NCCc1ccc(C)c(OC)c1)NCC1CCCOC1C(C)(C)C.I. The van der Waals surface area contributed by atoms with E-state index in [0.29, 0.717) is 5.92 Å². The molecule has 1 fully saturated rings. The van der Waals surface area contributed by atoms with Crippen molar-refractivity contribution in [2.45, 2.75) is 53.1 Å². The van der Waals surface area contributed by atoms with Gasteiger partial charge in [-0.15, -0.1) is 24.0 Å². The van der Waals surface area contributed by atoms with Crippen LogP contribution in [0.2, 0.25) is 0 Å². The van der Waals surface area contributed by atoms with Crippen molar-refractivity contribution in [3.63, 3.8) is 0 Å². The highest BCUT2D eigenvalue weighted by Crippen LogP contribution is 2.33. The van der Waals surface area contributed by atoms with Gasteiger partial charge in [0.2, 0.25) is 0 Å². The van der Waals surface area contributed by atoms with Gasteiger partial charge in [0.1, 0.15) is 5.75 Å². The lowest BCUT2D eigenvalue weighted by Crippen LogP contribution is -2.47. The van der Waals surface area contributed by atoms with Gasteiger partial charge >= 0.3 is 0 Å². The maximum absolute atomic E-state index is 6.08. The smallest absolute Gasteiger partial charge is 0.190 e. The molecule has 1 aromatic rings. The van der Waals surface area contributed by atoms with Crippen LogP contribution >= 0.6 is 24.0 Å². The van der Waals surface area contributed by atoms with E-state index < -0.39 is 0 Å². The molecule has 160 valence electrons. The monoisotopic (exact) mass is 503 g/mol. The highest BCUT2D eigenvalue weighted by molar-refractivity contribution is 14.0. The number of aliphatic imine (C=N–C) groups is 1. The Balaban J connectivity index is 0.00000392. The van der Waals surface area contributed by atoms with Gasteiger partial charge < -0.3 is 20.1 Å². The fourth-order valence-electron chi connectivity index (χ4n) is 3.80. The highest BCUT2D eigenvalue weighted by atomic mass is 127. The van der Waals surface area contributed by atoms with E-state index in [4.69, 9.17) is 9.47 Å². The fraction of sp³-hybridized carbons (Fsp3) is 0.682. The topological polar surface area (TPSA) is 54.9 Å². The molecule has 0 aromatic heterocycles. The minimum Gasteiger partial charge on any atom is -0.496 e. The molecular weight excluding hydrogens is 465 g/mol. The molecule has 0 bridgehead atoms. The summed E-state index contributed by atoms with van der Waals surface area (Å²) in [4.78, 5) is 4.37. The third-order valence-electron chi connectivity index (χ3n) is 5.23. The first-order valence-corrected chi connectivity index (χ1v) is 10.0. The number of hydrogen-bond donors (Lipinski definition) is 2. The molecule has 0 saturated carbocycles. The van der Waals surface area contributed by atoms with E-state index in [9.17, 15) is 0 Å². The zero-order valence-electron chi connectivity index (χ0n) is 18.3. The summed E-state index contributed by atoms with van der Waals surface area (Å²) in [6, 6.07) is 6.38. The van der Waals surface area contributed by atoms with Crippen molar-refractivity contribution < 1.29 is 9.47 Å². The van der Waals surface area contributed by atoms with Gasteiger partial charge in [0.15, 0.2) is 5.96 Å². The summed E-state index contributed by atoms with van der Waals surface area (Å²) in [5, 5.41) is 6.91. The predicted octanol–water partition coefficient (Wildman–Crippen LogP) is 4.17. The number of nitrogens with zero attached hydrogens (tertiary/aromatic N) is 1. The molecule has 0 aliphatic carbocycles. The highest BCUT2D eigenvalue weighted by Gasteiger charge is 2.35. The Bertz CT molecular complexity index is 629. The molecule has 0 amide bonds. The third-order valence-corrected chi connectivity index (χ3v) is 5.23. The standard InChI is InChI=1S/C22H37N3O2.HI/c1-16-9-10-17(14-19(16)26-6)11-12-24-21(23-5)25-15-18-8-7-13-27-20(18)22(2,3)4;/h9-10,14,18,20H,7-8,11-13,15H2,1-6H3,(H2,23,24,25);1H. The van der Waals surface area contributed by atoms with Gasteiger partial charge in [0, 0.05) is 32.7 Å². The first-order valence-electron chi connectivity index (χ1n) is 10.0. The Hall–Kier alpha value is -1.02. The van der Waals surface area contributed by atoms with E-state index in [1.54, 1.807) is 7.11 Å². The molecule has 0 radical (unpaired) electrons. The van der Waals surface area contributed by atoms with Crippen LogP contribution in [0.3, 0.4) is 0 Å². The number of halogens is 1. The van der Waals surface area contributed by atoms with E-state index in [-0.39, 0.29) is 35.5 Å². The Morgan fingerprint density at radius 3 is 2.68 bits per heavy atom. The van der Waals surface area contributed by atoms with Crippen LogP contribution in [0.5, 0.6) is 5.75 Å². The van der Waals surface area contributed by atoms with Crippen LogP contribution in [-0.2, 0) is 11.2 Å². The lowest BCUT2D eigenvalue weighted by Gasteiger charge is -2.40. The molecule has 1 aliphatic heterocycles. The van der Waals surface area contributed by atoms with Gasteiger partial charge in [-0.1, -0.05) is 32.9 Å². The quantitative estimate of drug-likeness (QED) is 0.348. The van der Waals surface area contributed by atoms with E-state index >= 15 is 0 Å². The van der Waals surface area contributed by atoms with Gasteiger partial charge in [-0.05, 0) is 48.8 Å². The van der Waals surface area contributed by atoms with E-state index in [1.807, 2.05) is 7.05 Å². The number of ether oxygens (including phenoxy) is 2. The number of nitrogens with one attached hydrogen (secondary N) is 2. The number of methoxy groups -OCH3 is 1.